The van der Waals surface area contributed by atoms with E-state index >= 15 is 0 Å². The molecule has 0 saturated carbocycles. The van der Waals surface area contributed by atoms with Gasteiger partial charge in [-0.25, -0.2) is 0 Å². The van der Waals surface area contributed by atoms with Crippen LogP contribution in [0.5, 0.6) is 5.75 Å². The van der Waals surface area contributed by atoms with Crippen LogP contribution in [0.25, 0.3) is 0 Å². The zero-order valence-electron chi connectivity index (χ0n) is 18.8. The van der Waals surface area contributed by atoms with E-state index in [1.165, 1.54) is 12.1 Å². The minimum atomic E-state index is -3.91. The Morgan fingerprint density at radius 3 is 2.09 bits per heavy atom. The molecule has 0 radical (unpaired) electrons. The van der Waals surface area contributed by atoms with E-state index in [9.17, 15) is 13.2 Å². The fourth-order valence-corrected chi connectivity index (χ4v) is 4.32. The van der Waals surface area contributed by atoms with Crippen molar-refractivity contribution in [3.63, 3.8) is 0 Å². The fraction of sp³-hybridized carbons (Fsp3) is 0.269. The lowest BCUT2D eigenvalue weighted by Gasteiger charge is -2.19. The fourth-order valence-electron chi connectivity index (χ4n) is 3.36. The maximum absolute atomic E-state index is 12.5. The van der Waals surface area contributed by atoms with Gasteiger partial charge >= 0.3 is 16.1 Å². The Morgan fingerprint density at radius 2 is 1.48 bits per heavy atom. The first-order valence-electron chi connectivity index (χ1n) is 10.9. The van der Waals surface area contributed by atoms with Crippen molar-refractivity contribution in [3.05, 3.63) is 96.1 Å². The van der Waals surface area contributed by atoms with Gasteiger partial charge in [0.15, 0.2) is 0 Å². The summed E-state index contributed by atoms with van der Waals surface area (Å²) in [5.74, 6) is -0.202. The Balaban J connectivity index is 1.70. The molecule has 33 heavy (non-hydrogen) atoms. The molecule has 0 aliphatic heterocycles. The first-order chi connectivity index (χ1) is 15.8. The summed E-state index contributed by atoms with van der Waals surface area (Å²) in [5, 5.41) is 3.40. The van der Waals surface area contributed by atoms with Crippen molar-refractivity contribution >= 4 is 16.1 Å². The number of ether oxygens (including phenoxy) is 1. The van der Waals surface area contributed by atoms with Crippen LogP contribution >= 0.6 is 0 Å². The third-order valence-corrected chi connectivity index (χ3v) is 6.19. The van der Waals surface area contributed by atoms with Crippen molar-refractivity contribution < 1.29 is 22.1 Å². The van der Waals surface area contributed by atoms with Crippen LogP contribution in [0.4, 0.5) is 0 Å². The summed E-state index contributed by atoms with van der Waals surface area (Å²) in [6.45, 7) is 4.87. The molecular formula is C26H29NO5S. The van der Waals surface area contributed by atoms with Gasteiger partial charge in [0.1, 0.15) is 10.6 Å². The van der Waals surface area contributed by atoms with Crippen LogP contribution < -0.4 is 9.50 Å². The molecular weight excluding hydrogens is 438 g/mol. The van der Waals surface area contributed by atoms with Gasteiger partial charge in [-0.2, -0.15) is 8.42 Å². The standard InChI is InChI=1S/C26H29NO5S/c1-20(2)31-26(28)17-23(19-27-18-21-9-5-3-6-10-21)22-13-15-24(16-14-22)32-33(29,30)25-11-7-4-8-12-25/h3-16,20,23,27H,17-19H2,1-2H3. The van der Waals surface area contributed by atoms with Crippen molar-refractivity contribution in [3.8, 4) is 5.75 Å². The van der Waals surface area contributed by atoms with Crippen LogP contribution in [0, 0.1) is 0 Å². The van der Waals surface area contributed by atoms with Crippen molar-refractivity contribution in [2.24, 2.45) is 0 Å². The Morgan fingerprint density at radius 1 is 0.879 bits per heavy atom. The van der Waals surface area contributed by atoms with E-state index in [1.807, 2.05) is 44.2 Å². The first-order valence-corrected chi connectivity index (χ1v) is 12.3. The molecule has 0 aliphatic rings. The first kappa shape index (κ1) is 24.5. The van der Waals surface area contributed by atoms with Gasteiger partial charge in [0.2, 0.25) is 0 Å². The Bertz CT molecular complexity index is 1110. The van der Waals surface area contributed by atoms with Crippen LogP contribution in [0.3, 0.4) is 0 Å². The van der Waals surface area contributed by atoms with Crippen molar-refractivity contribution in [2.45, 2.75) is 43.7 Å². The van der Waals surface area contributed by atoms with Gasteiger partial charge in [-0.1, -0.05) is 60.7 Å². The Kier molecular flexibility index (Phi) is 8.63. The highest BCUT2D eigenvalue weighted by Crippen LogP contribution is 2.25. The minimum absolute atomic E-state index is 0.0912. The third kappa shape index (κ3) is 7.73. The molecule has 0 aromatic heterocycles. The normalized spacial score (nSPS) is 12.3. The Hall–Kier alpha value is -3.16. The summed E-state index contributed by atoms with van der Waals surface area (Å²) in [5.41, 5.74) is 2.04. The molecule has 1 unspecified atom stereocenters. The summed E-state index contributed by atoms with van der Waals surface area (Å²) in [4.78, 5) is 12.4. The molecule has 1 N–H and O–H groups in total. The van der Waals surface area contributed by atoms with Crippen molar-refractivity contribution in [2.75, 3.05) is 6.54 Å². The van der Waals surface area contributed by atoms with Gasteiger partial charge < -0.3 is 14.2 Å². The van der Waals surface area contributed by atoms with Crippen molar-refractivity contribution in [1.82, 2.24) is 5.32 Å². The van der Waals surface area contributed by atoms with Gasteiger partial charge in [0.05, 0.1) is 12.5 Å². The smallest absolute Gasteiger partial charge is 0.339 e. The highest BCUT2D eigenvalue weighted by atomic mass is 32.2. The summed E-state index contributed by atoms with van der Waals surface area (Å²) >= 11 is 0. The molecule has 0 amide bonds. The number of benzene rings is 3. The molecule has 0 aliphatic carbocycles. The number of carbonyl (C=O) groups is 1. The predicted octanol–water partition coefficient (Wildman–Crippen LogP) is 4.67. The number of carbonyl (C=O) groups excluding carboxylic acids is 1. The highest BCUT2D eigenvalue weighted by Gasteiger charge is 2.20. The molecule has 174 valence electrons. The van der Waals surface area contributed by atoms with E-state index < -0.39 is 10.1 Å². The summed E-state index contributed by atoms with van der Waals surface area (Å²) < 4.78 is 35.5. The van der Waals surface area contributed by atoms with Gasteiger partial charge in [-0.15, -0.1) is 0 Å². The van der Waals surface area contributed by atoms with E-state index in [2.05, 4.69) is 5.32 Å². The summed E-state index contributed by atoms with van der Waals surface area (Å²) in [6.07, 6.45) is 0.0251. The molecule has 0 spiro atoms. The minimum Gasteiger partial charge on any atom is -0.463 e. The van der Waals surface area contributed by atoms with Gasteiger partial charge in [-0.3, -0.25) is 4.79 Å². The lowest BCUT2D eigenvalue weighted by molar-refractivity contribution is -0.147. The molecule has 6 nitrogen and oxygen atoms in total. The van der Waals surface area contributed by atoms with Crippen LogP contribution in [-0.2, 0) is 26.2 Å². The highest BCUT2D eigenvalue weighted by molar-refractivity contribution is 7.87. The maximum Gasteiger partial charge on any atom is 0.339 e. The predicted molar refractivity (Wildman–Crippen MR) is 127 cm³/mol. The molecule has 3 aromatic rings. The number of hydrogen-bond donors (Lipinski definition) is 1. The molecule has 0 heterocycles. The second kappa shape index (κ2) is 11.6. The quantitative estimate of drug-likeness (QED) is 0.326. The molecule has 7 heteroatoms. The molecule has 0 saturated heterocycles. The van der Waals surface area contributed by atoms with E-state index in [4.69, 9.17) is 8.92 Å². The van der Waals surface area contributed by atoms with Crippen LogP contribution in [0.2, 0.25) is 0 Å². The van der Waals surface area contributed by atoms with Crippen LogP contribution in [-0.4, -0.2) is 27.0 Å². The third-order valence-electron chi connectivity index (χ3n) is 4.93. The maximum atomic E-state index is 12.5. The van der Waals surface area contributed by atoms with Gasteiger partial charge in [0.25, 0.3) is 0 Å². The van der Waals surface area contributed by atoms with Gasteiger partial charge in [-0.05, 0) is 49.2 Å². The number of rotatable bonds is 11. The molecule has 3 rings (SSSR count). The second-order valence-electron chi connectivity index (χ2n) is 7.98. The molecule has 0 fully saturated rings. The van der Waals surface area contributed by atoms with E-state index in [0.29, 0.717) is 13.1 Å². The largest absolute Gasteiger partial charge is 0.463 e. The van der Waals surface area contributed by atoms with Crippen LogP contribution in [0.15, 0.2) is 89.8 Å². The van der Waals surface area contributed by atoms with Crippen molar-refractivity contribution in [1.29, 1.82) is 0 Å². The summed E-state index contributed by atoms with van der Waals surface area (Å²) in [6, 6.07) is 24.8. The van der Waals surface area contributed by atoms with Crippen LogP contribution in [0.1, 0.15) is 37.3 Å². The molecule has 3 aromatic carbocycles. The molecule has 1 atom stereocenters. The monoisotopic (exact) mass is 467 g/mol. The zero-order valence-corrected chi connectivity index (χ0v) is 19.6. The average Bonchev–Trinajstić information content (AvgIpc) is 2.79. The SMILES string of the molecule is CC(C)OC(=O)CC(CNCc1ccccc1)c1ccc(OS(=O)(=O)c2ccccc2)cc1. The second-order valence-corrected chi connectivity index (χ2v) is 9.52. The zero-order chi connectivity index (χ0) is 23.7. The summed E-state index contributed by atoms with van der Waals surface area (Å²) in [7, 11) is -3.91. The van der Waals surface area contributed by atoms with Gasteiger partial charge in [0, 0.05) is 19.0 Å². The van der Waals surface area contributed by atoms with E-state index in [0.717, 1.165) is 11.1 Å². The molecule has 0 bridgehead atoms. The topological polar surface area (TPSA) is 81.7 Å². The number of nitrogens with one attached hydrogen (secondary N) is 1. The van der Waals surface area contributed by atoms with E-state index in [1.54, 1.807) is 42.5 Å². The number of hydrogen-bond acceptors (Lipinski definition) is 6. The lowest BCUT2D eigenvalue weighted by Crippen LogP contribution is -2.24. The lowest BCUT2D eigenvalue weighted by atomic mass is 9.95. The van der Waals surface area contributed by atoms with E-state index in [-0.39, 0.29) is 35.1 Å². The number of esters is 1. The Labute approximate surface area is 195 Å². The average molecular weight is 468 g/mol.